The predicted molar refractivity (Wildman–Crippen MR) is 136 cm³/mol. The van der Waals surface area contributed by atoms with Crippen molar-refractivity contribution in [1.82, 2.24) is 15.3 Å². The summed E-state index contributed by atoms with van der Waals surface area (Å²) in [5, 5.41) is 7.02. The van der Waals surface area contributed by atoms with E-state index in [0.717, 1.165) is 51.9 Å². The number of hydrogen-bond acceptors (Lipinski definition) is 7. The van der Waals surface area contributed by atoms with E-state index < -0.39 is 0 Å². The number of carbonyl (C=O) groups is 2. The van der Waals surface area contributed by atoms with Gasteiger partial charge in [0.1, 0.15) is 10.6 Å². The Bertz CT molecular complexity index is 1210. The average molecular weight is 484 g/mol. The number of fused-ring (bicyclic) bond motifs is 3. The van der Waals surface area contributed by atoms with Crippen molar-refractivity contribution in [3.8, 4) is 0 Å². The molecule has 1 aliphatic carbocycles. The number of nitrogens with one attached hydrogen (secondary N) is 2. The predicted octanol–water partition coefficient (Wildman–Crippen LogP) is 4.17. The summed E-state index contributed by atoms with van der Waals surface area (Å²) in [4.78, 5) is 35.9. The second kappa shape index (κ2) is 9.69. The minimum Gasteiger partial charge on any atom is -0.383 e. The van der Waals surface area contributed by atoms with Crippen LogP contribution in [0.5, 0.6) is 0 Å². The Hall–Kier alpha value is -2.65. The first-order valence-corrected chi connectivity index (χ1v) is 12.9. The molecule has 7 nitrogen and oxygen atoms in total. The highest BCUT2D eigenvalue weighted by Crippen LogP contribution is 2.39. The molecule has 174 valence electrons. The summed E-state index contributed by atoms with van der Waals surface area (Å²) in [6.45, 7) is 8.11. The molecule has 33 heavy (non-hydrogen) atoms. The highest BCUT2D eigenvalue weighted by Gasteiger charge is 2.23. The number of thiophene rings is 1. The van der Waals surface area contributed by atoms with E-state index in [2.05, 4.69) is 27.5 Å². The number of nitrogens with two attached hydrogens (primary N) is 1. The average Bonchev–Trinajstić information content (AvgIpc) is 3.11. The molecule has 1 aromatic carbocycles. The summed E-state index contributed by atoms with van der Waals surface area (Å²) in [6.07, 6.45) is 3.23. The molecule has 0 aliphatic heterocycles. The third kappa shape index (κ3) is 5.30. The van der Waals surface area contributed by atoms with E-state index in [-0.39, 0.29) is 24.1 Å². The van der Waals surface area contributed by atoms with Gasteiger partial charge in [0, 0.05) is 10.6 Å². The standard InChI is InChI=1S/C24H29N5O2S2/c1-12-5-6-16-17(9-12)33-23-20(16)22(25)28-24(29-23)32-11-19(31)26-10-18(30)27-21-14(3)7-13(2)8-15(21)4/h7-8,12H,5-6,9-11H2,1-4H3,(H,26,31)(H,27,30)(H2,25,28,29). The Kier molecular flexibility index (Phi) is 6.90. The topological polar surface area (TPSA) is 110 Å². The number of rotatable bonds is 6. The number of aromatic nitrogens is 2. The molecule has 1 atom stereocenters. The van der Waals surface area contributed by atoms with E-state index in [1.54, 1.807) is 11.3 Å². The molecule has 0 fully saturated rings. The van der Waals surface area contributed by atoms with Gasteiger partial charge < -0.3 is 16.4 Å². The van der Waals surface area contributed by atoms with Gasteiger partial charge in [-0.2, -0.15) is 0 Å². The number of anilines is 2. The molecule has 0 spiro atoms. The third-order valence-corrected chi connectivity index (χ3v) is 7.88. The molecule has 0 saturated heterocycles. The van der Waals surface area contributed by atoms with E-state index in [9.17, 15) is 9.59 Å². The molecular formula is C24H29N5O2S2. The van der Waals surface area contributed by atoms with Gasteiger partial charge in [-0.1, -0.05) is 36.4 Å². The summed E-state index contributed by atoms with van der Waals surface area (Å²) in [6, 6.07) is 4.04. The highest BCUT2D eigenvalue weighted by molar-refractivity contribution is 7.99. The van der Waals surface area contributed by atoms with Crippen LogP contribution in [0.15, 0.2) is 17.3 Å². The van der Waals surface area contributed by atoms with Gasteiger partial charge in [-0.05, 0) is 62.6 Å². The lowest BCUT2D eigenvalue weighted by atomic mass is 9.89. The Balaban J connectivity index is 1.33. The van der Waals surface area contributed by atoms with Crippen LogP contribution in [0.4, 0.5) is 11.5 Å². The zero-order chi connectivity index (χ0) is 23.7. The van der Waals surface area contributed by atoms with E-state index in [1.807, 2.05) is 32.9 Å². The van der Waals surface area contributed by atoms with Gasteiger partial charge in [0.15, 0.2) is 5.16 Å². The van der Waals surface area contributed by atoms with Crippen molar-refractivity contribution in [2.24, 2.45) is 5.92 Å². The summed E-state index contributed by atoms with van der Waals surface area (Å²) in [5.41, 5.74) is 11.5. The van der Waals surface area contributed by atoms with Crippen LogP contribution in [-0.4, -0.2) is 34.1 Å². The fraction of sp³-hybridized carbons (Fsp3) is 0.417. The van der Waals surface area contributed by atoms with Crippen LogP contribution in [0.25, 0.3) is 10.2 Å². The van der Waals surface area contributed by atoms with Crippen molar-refractivity contribution < 1.29 is 9.59 Å². The maximum absolute atomic E-state index is 12.3. The van der Waals surface area contributed by atoms with Crippen LogP contribution in [0.2, 0.25) is 0 Å². The SMILES string of the molecule is Cc1cc(C)c(NC(=O)CNC(=O)CSc2nc(N)c3c4c(sc3n2)CC(C)CC4)c(C)c1. The molecule has 0 saturated carbocycles. The van der Waals surface area contributed by atoms with Crippen LogP contribution in [0, 0.1) is 26.7 Å². The molecule has 2 amide bonds. The minimum atomic E-state index is -0.260. The number of nitrogen functional groups attached to an aromatic ring is 1. The molecule has 1 unspecified atom stereocenters. The second-order valence-corrected chi connectivity index (χ2v) is 10.8. The first-order valence-electron chi connectivity index (χ1n) is 11.1. The number of carbonyl (C=O) groups excluding carboxylic acids is 2. The lowest BCUT2D eigenvalue weighted by molar-refractivity contribution is -0.122. The number of amides is 2. The summed E-state index contributed by atoms with van der Waals surface area (Å²) >= 11 is 2.91. The van der Waals surface area contributed by atoms with Crippen LogP contribution < -0.4 is 16.4 Å². The monoisotopic (exact) mass is 483 g/mol. The van der Waals surface area contributed by atoms with Gasteiger partial charge in [-0.15, -0.1) is 11.3 Å². The highest BCUT2D eigenvalue weighted by atomic mass is 32.2. The van der Waals surface area contributed by atoms with Gasteiger partial charge in [0.2, 0.25) is 11.8 Å². The number of hydrogen-bond donors (Lipinski definition) is 3. The second-order valence-electron chi connectivity index (χ2n) is 8.81. The number of nitrogens with zero attached hydrogens (tertiary/aromatic N) is 2. The van der Waals surface area contributed by atoms with E-state index in [1.165, 1.54) is 22.2 Å². The molecule has 3 aromatic rings. The van der Waals surface area contributed by atoms with Crippen molar-refractivity contribution in [2.45, 2.75) is 52.1 Å². The van der Waals surface area contributed by atoms with E-state index >= 15 is 0 Å². The maximum atomic E-state index is 12.3. The van der Waals surface area contributed by atoms with Crippen molar-refractivity contribution in [2.75, 3.05) is 23.3 Å². The fourth-order valence-corrected chi connectivity index (χ4v) is 6.46. The molecule has 0 bridgehead atoms. The van der Waals surface area contributed by atoms with Gasteiger partial charge in [0.25, 0.3) is 0 Å². The van der Waals surface area contributed by atoms with Crippen LogP contribution in [0.3, 0.4) is 0 Å². The Morgan fingerprint density at radius 1 is 1.18 bits per heavy atom. The van der Waals surface area contributed by atoms with Crippen molar-refractivity contribution >= 4 is 56.6 Å². The molecule has 0 radical (unpaired) electrons. The normalized spacial score (nSPS) is 15.3. The third-order valence-electron chi connectivity index (χ3n) is 5.88. The Labute approximate surface area is 202 Å². The Morgan fingerprint density at radius 3 is 2.64 bits per heavy atom. The largest absolute Gasteiger partial charge is 0.383 e. The van der Waals surface area contributed by atoms with Gasteiger partial charge in [-0.25, -0.2) is 9.97 Å². The fourth-order valence-electron chi connectivity index (χ4n) is 4.34. The molecule has 2 aromatic heterocycles. The van der Waals surface area contributed by atoms with Gasteiger partial charge >= 0.3 is 0 Å². The van der Waals surface area contributed by atoms with Gasteiger partial charge in [-0.3, -0.25) is 9.59 Å². The molecule has 9 heteroatoms. The lowest BCUT2D eigenvalue weighted by Gasteiger charge is -2.17. The van der Waals surface area contributed by atoms with Crippen LogP contribution >= 0.6 is 23.1 Å². The van der Waals surface area contributed by atoms with Crippen molar-refractivity contribution in [3.05, 3.63) is 39.3 Å². The molecule has 4 rings (SSSR count). The first-order chi connectivity index (χ1) is 15.7. The number of thioether (sulfide) groups is 1. The summed E-state index contributed by atoms with van der Waals surface area (Å²) in [7, 11) is 0. The van der Waals surface area contributed by atoms with Crippen LogP contribution in [0.1, 0.15) is 40.5 Å². The Morgan fingerprint density at radius 2 is 1.91 bits per heavy atom. The number of benzene rings is 1. The van der Waals surface area contributed by atoms with Crippen LogP contribution in [-0.2, 0) is 22.4 Å². The quantitative estimate of drug-likeness (QED) is 0.359. The van der Waals surface area contributed by atoms with Crippen molar-refractivity contribution in [3.63, 3.8) is 0 Å². The molecule has 1 aliphatic rings. The molecular weight excluding hydrogens is 454 g/mol. The number of aryl methyl sites for hydroxylation is 4. The summed E-state index contributed by atoms with van der Waals surface area (Å²) < 4.78 is 0. The van der Waals surface area contributed by atoms with E-state index in [4.69, 9.17) is 5.73 Å². The zero-order valence-corrected chi connectivity index (χ0v) is 21.0. The summed E-state index contributed by atoms with van der Waals surface area (Å²) in [5.74, 6) is 0.757. The smallest absolute Gasteiger partial charge is 0.243 e. The zero-order valence-electron chi connectivity index (χ0n) is 19.4. The van der Waals surface area contributed by atoms with Crippen molar-refractivity contribution in [1.29, 1.82) is 0 Å². The maximum Gasteiger partial charge on any atom is 0.243 e. The lowest BCUT2D eigenvalue weighted by Crippen LogP contribution is -2.34. The molecule has 4 N–H and O–H groups in total. The first kappa shape index (κ1) is 23.5. The van der Waals surface area contributed by atoms with Gasteiger partial charge in [0.05, 0.1) is 17.7 Å². The van der Waals surface area contributed by atoms with E-state index in [0.29, 0.717) is 16.9 Å². The molecule has 2 heterocycles. The minimum absolute atomic E-state index is 0.0932.